The van der Waals surface area contributed by atoms with Crippen LogP contribution in [0.1, 0.15) is 18.0 Å². The SMILES string of the molecule is N#CCC(N)c1cnccc1N. The molecule has 4 heteroatoms. The van der Waals surface area contributed by atoms with Crippen LogP contribution in [0.5, 0.6) is 0 Å². The van der Waals surface area contributed by atoms with Crippen LogP contribution < -0.4 is 11.5 Å². The number of nitrogen functional groups attached to an aromatic ring is 1. The van der Waals surface area contributed by atoms with E-state index in [1.165, 1.54) is 0 Å². The number of hydrogen-bond donors (Lipinski definition) is 2. The molecule has 0 aliphatic carbocycles. The molecule has 0 aliphatic rings. The quantitative estimate of drug-likeness (QED) is 0.665. The van der Waals surface area contributed by atoms with Crippen LogP contribution >= 0.6 is 0 Å². The third-order valence-corrected chi connectivity index (χ3v) is 1.60. The van der Waals surface area contributed by atoms with E-state index in [9.17, 15) is 0 Å². The first-order chi connectivity index (χ1) is 5.75. The van der Waals surface area contributed by atoms with Gasteiger partial charge in [0.1, 0.15) is 0 Å². The molecule has 62 valence electrons. The summed E-state index contributed by atoms with van der Waals surface area (Å²) in [6.45, 7) is 0. The molecule has 0 bridgehead atoms. The van der Waals surface area contributed by atoms with E-state index in [0.29, 0.717) is 5.69 Å². The maximum absolute atomic E-state index is 8.40. The number of nitrogens with zero attached hydrogens (tertiary/aromatic N) is 2. The predicted molar refractivity (Wildman–Crippen MR) is 45.8 cm³/mol. The average molecular weight is 162 g/mol. The lowest BCUT2D eigenvalue weighted by Gasteiger charge is -2.09. The first-order valence-corrected chi connectivity index (χ1v) is 3.57. The smallest absolute Gasteiger partial charge is 0.0641 e. The van der Waals surface area contributed by atoms with Crippen LogP contribution in [0.25, 0.3) is 0 Å². The largest absolute Gasteiger partial charge is 0.398 e. The number of hydrogen-bond acceptors (Lipinski definition) is 4. The zero-order chi connectivity index (χ0) is 8.97. The summed E-state index contributed by atoms with van der Waals surface area (Å²) in [5.41, 5.74) is 12.6. The number of anilines is 1. The molecule has 0 saturated heterocycles. The standard InChI is InChI=1S/C8H10N4/c9-3-1-7(10)6-5-12-4-2-8(6)11/h2,4-5,7H,1,10H2,(H2,11,12). The van der Waals surface area contributed by atoms with Crippen molar-refractivity contribution >= 4 is 5.69 Å². The third kappa shape index (κ3) is 1.71. The van der Waals surface area contributed by atoms with E-state index >= 15 is 0 Å². The van der Waals surface area contributed by atoms with Gasteiger partial charge in [0.25, 0.3) is 0 Å². The summed E-state index contributed by atoms with van der Waals surface area (Å²) in [5.74, 6) is 0. The van der Waals surface area contributed by atoms with Gasteiger partial charge >= 0.3 is 0 Å². The molecule has 1 aromatic heterocycles. The van der Waals surface area contributed by atoms with Crippen LogP contribution in [0.3, 0.4) is 0 Å². The van der Waals surface area contributed by atoms with E-state index in [1.54, 1.807) is 18.5 Å². The highest BCUT2D eigenvalue weighted by molar-refractivity contribution is 5.46. The summed E-state index contributed by atoms with van der Waals surface area (Å²) in [4.78, 5) is 3.88. The molecule has 0 aliphatic heterocycles. The summed E-state index contributed by atoms with van der Waals surface area (Å²) in [5, 5.41) is 8.40. The van der Waals surface area contributed by atoms with Gasteiger partial charge in [-0.25, -0.2) is 0 Å². The van der Waals surface area contributed by atoms with Gasteiger partial charge < -0.3 is 11.5 Å². The molecule has 0 fully saturated rings. The second-order valence-electron chi connectivity index (χ2n) is 2.47. The third-order valence-electron chi connectivity index (χ3n) is 1.60. The number of nitrogens with two attached hydrogens (primary N) is 2. The highest BCUT2D eigenvalue weighted by Gasteiger charge is 2.07. The highest BCUT2D eigenvalue weighted by Crippen LogP contribution is 2.18. The number of nitriles is 1. The fourth-order valence-electron chi connectivity index (χ4n) is 0.936. The average Bonchev–Trinajstić information content (AvgIpc) is 2.05. The molecule has 0 aromatic carbocycles. The zero-order valence-electron chi connectivity index (χ0n) is 6.57. The van der Waals surface area contributed by atoms with Crippen LogP contribution in [0.4, 0.5) is 5.69 Å². The number of rotatable bonds is 2. The Bertz CT molecular complexity index is 302. The van der Waals surface area contributed by atoms with Gasteiger partial charge in [-0.15, -0.1) is 0 Å². The van der Waals surface area contributed by atoms with Crippen LogP contribution in [-0.2, 0) is 0 Å². The minimum absolute atomic E-state index is 0.260. The first-order valence-electron chi connectivity index (χ1n) is 3.57. The Hall–Kier alpha value is -1.60. The lowest BCUT2D eigenvalue weighted by Crippen LogP contribution is -2.11. The summed E-state index contributed by atoms with van der Waals surface area (Å²) < 4.78 is 0. The Labute approximate surface area is 70.8 Å². The first kappa shape index (κ1) is 8.50. The van der Waals surface area contributed by atoms with Gasteiger partial charge in [-0.2, -0.15) is 5.26 Å². The van der Waals surface area contributed by atoms with Crippen molar-refractivity contribution in [2.75, 3.05) is 5.73 Å². The summed E-state index contributed by atoms with van der Waals surface area (Å²) >= 11 is 0. The lowest BCUT2D eigenvalue weighted by molar-refractivity contribution is 0.747. The van der Waals surface area contributed by atoms with Crippen LogP contribution in [-0.4, -0.2) is 4.98 Å². The Kier molecular flexibility index (Phi) is 2.62. The van der Waals surface area contributed by atoms with Gasteiger partial charge in [0.15, 0.2) is 0 Å². The summed E-state index contributed by atoms with van der Waals surface area (Å²) in [6, 6.07) is 3.33. The molecule has 1 unspecified atom stereocenters. The number of aromatic nitrogens is 1. The topological polar surface area (TPSA) is 88.7 Å². The molecule has 1 aromatic rings. The Morgan fingerprint density at radius 2 is 2.42 bits per heavy atom. The van der Waals surface area contributed by atoms with E-state index in [2.05, 4.69) is 4.98 Å². The molecule has 1 rings (SSSR count). The molecule has 12 heavy (non-hydrogen) atoms. The normalized spacial score (nSPS) is 12.0. The Balaban J connectivity index is 2.88. The van der Waals surface area contributed by atoms with Crippen molar-refractivity contribution < 1.29 is 0 Å². The van der Waals surface area contributed by atoms with Gasteiger partial charge in [-0.3, -0.25) is 4.98 Å². The van der Waals surface area contributed by atoms with Gasteiger partial charge in [-0.05, 0) is 6.07 Å². The molecule has 1 heterocycles. The zero-order valence-corrected chi connectivity index (χ0v) is 6.57. The molecule has 0 saturated carbocycles. The van der Waals surface area contributed by atoms with Crippen LogP contribution in [0.2, 0.25) is 0 Å². The maximum atomic E-state index is 8.40. The Morgan fingerprint density at radius 1 is 1.67 bits per heavy atom. The molecular formula is C8H10N4. The maximum Gasteiger partial charge on any atom is 0.0641 e. The molecule has 0 radical (unpaired) electrons. The van der Waals surface area contributed by atoms with Crippen molar-refractivity contribution in [3.05, 3.63) is 24.0 Å². The van der Waals surface area contributed by atoms with Crippen molar-refractivity contribution in [2.45, 2.75) is 12.5 Å². The molecule has 0 amide bonds. The fraction of sp³-hybridized carbons (Fsp3) is 0.250. The van der Waals surface area contributed by atoms with Crippen molar-refractivity contribution in [3.63, 3.8) is 0 Å². The van der Waals surface area contributed by atoms with E-state index in [4.69, 9.17) is 16.7 Å². The second kappa shape index (κ2) is 3.69. The van der Waals surface area contributed by atoms with Crippen molar-refractivity contribution in [1.29, 1.82) is 5.26 Å². The summed E-state index contributed by atoms with van der Waals surface area (Å²) in [7, 11) is 0. The van der Waals surface area contributed by atoms with Crippen LogP contribution in [0, 0.1) is 11.3 Å². The van der Waals surface area contributed by atoms with Crippen molar-refractivity contribution in [3.8, 4) is 6.07 Å². The molecule has 0 spiro atoms. The minimum atomic E-state index is -0.330. The molecule has 1 atom stereocenters. The van der Waals surface area contributed by atoms with Crippen molar-refractivity contribution in [2.24, 2.45) is 5.73 Å². The summed E-state index contributed by atoms with van der Waals surface area (Å²) in [6.07, 6.45) is 3.45. The molecular weight excluding hydrogens is 152 g/mol. The van der Waals surface area contributed by atoms with Crippen molar-refractivity contribution in [1.82, 2.24) is 4.98 Å². The van der Waals surface area contributed by atoms with E-state index in [0.717, 1.165) is 5.56 Å². The van der Waals surface area contributed by atoms with Crippen LogP contribution in [0.15, 0.2) is 18.5 Å². The lowest BCUT2D eigenvalue weighted by atomic mass is 10.1. The monoisotopic (exact) mass is 162 g/mol. The van der Waals surface area contributed by atoms with Gasteiger partial charge in [0.05, 0.1) is 12.5 Å². The van der Waals surface area contributed by atoms with E-state index < -0.39 is 0 Å². The molecule has 4 nitrogen and oxygen atoms in total. The van der Waals surface area contributed by atoms with Gasteiger partial charge in [0, 0.05) is 29.7 Å². The minimum Gasteiger partial charge on any atom is -0.398 e. The number of pyridine rings is 1. The second-order valence-corrected chi connectivity index (χ2v) is 2.47. The van der Waals surface area contributed by atoms with E-state index in [-0.39, 0.29) is 12.5 Å². The fourth-order valence-corrected chi connectivity index (χ4v) is 0.936. The Morgan fingerprint density at radius 3 is 3.00 bits per heavy atom. The highest BCUT2D eigenvalue weighted by atomic mass is 14.7. The van der Waals surface area contributed by atoms with Gasteiger partial charge in [0.2, 0.25) is 0 Å². The molecule has 4 N–H and O–H groups in total. The predicted octanol–water partition coefficient (Wildman–Crippen LogP) is 0.577. The van der Waals surface area contributed by atoms with E-state index in [1.807, 2.05) is 6.07 Å². The van der Waals surface area contributed by atoms with Gasteiger partial charge in [-0.1, -0.05) is 0 Å².